The monoisotopic (exact) mass is 246 g/mol. The van der Waals surface area contributed by atoms with Crippen LogP contribution in [0.5, 0.6) is 0 Å². The highest BCUT2D eigenvalue weighted by molar-refractivity contribution is 5.19. The average molecular weight is 246 g/mol. The lowest BCUT2D eigenvalue weighted by atomic mass is 10.1. The number of nitrogens with one attached hydrogen (secondary N) is 1. The Morgan fingerprint density at radius 1 is 1.39 bits per heavy atom. The van der Waals surface area contributed by atoms with E-state index in [1.54, 1.807) is 0 Å². The summed E-state index contributed by atoms with van der Waals surface area (Å²) < 4.78 is 2.12. The highest BCUT2D eigenvalue weighted by atomic mass is 15.3. The number of aromatic amines is 1. The number of aryl methyl sites for hydroxylation is 4. The van der Waals surface area contributed by atoms with Crippen LogP contribution >= 0.6 is 0 Å². The van der Waals surface area contributed by atoms with Crippen LogP contribution in [0.3, 0.4) is 0 Å². The number of hydrogen-bond acceptors (Lipinski definition) is 2. The summed E-state index contributed by atoms with van der Waals surface area (Å²) in [5, 5.41) is 11.8. The topological polar surface area (TPSA) is 46.5 Å². The van der Waals surface area contributed by atoms with Crippen LogP contribution in [0, 0.1) is 6.92 Å². The third kappa shape index (κ3) is 2.63. The molecule has 98 valence electrons. The molecule has 0 amide bonds. The molecule has 18 heavy (non-hydrogen) atoms. The molecule has 2 aromatic rings. The van der Waals surface area contributed by atoms with Crippen LogP contribution in [0.1, 0.15) is 49.3 Å². The molecular formula is C14H22N4. The molecule has 0 saturated carbocycles. The lowest BCUT2D eigenvalue weighted by Gasteiger charge is -2.10. The molecule has 0 aliphatic rings. The van der Waals surface area contributed by atoms with E-state index in [1.165, 1.54) is 17.0 Å². The van der Waals surface area contributed by atoms with E-state index in [0.29, 0.717) is 5.92 Å². The molecular weight excluding hydrogens is 224 g/mol. The summed E-state index contributed by atoms with van der Waals surface area (Å²) in [5.41, 5.74) is 4.94. The summed E-state index contributed by atoms with van der Waals surface area (Å²) in [6.07, 6.45) is 3.89. The van der Waals surface area contributed by atoms with Crippen LogP contribution in [0.25, 0.3) is 0 Å². The fraction of sp³-hybridized carbons (Fsp3) is 0.571. The SMILES string of the molecule is CCc1cc(CCn2ncc(C)c2C(C)C)[nH]n1. The Balaban J connectivity index is 2.06. The first kappa shape index (κ1) is 12.9. The van der Waals surface area contributed by atoms with Gasteiger partial charge >= 0.3 is 0 Å². The smallest absolute Gasteiger partial charge is 0.0622 e. The second kappa shape index (κ2) is 5.38. The van der Waals surface area contributed by atoms with E-state index in [1.807, 2.05) is 6.20 Å². The Kier molecular flexibility index (Phi) is 3.84. The van der Waals surface area contributed by atoms with Crippen molar-refractivity contribution in [3.63, 3.8) is 0 Å². The third-order valence-corrected chi connectivity index (χ3v) is 3.26. The molecule has 0 aliphatic heterocycles. The molecule has 4 heteroatoms. The minimum atomic E-state index is 0.514. The Labute approximate surface area is 108 Å². The first-order chi connectivity index (χ1) is 8.61. The minimum absolute atomic E-state index is 0.514. The molecule has 2 heterocycles. The zero-order chi connectivity index (χ0) is 13.1. The molecule has 0 radical (unpaired) electrons. The van der Waals surface area contributed by atoms with Crippen LogP contribution in [-0.2, 0) is 19.4 Å². The van der Waals surface area contributed by atoms with Crippen LogP contribution < -0.4 is 0 Å². The second-order valence-corrected chi connectivity index (χ2v) is 5.08. The van der Waals surface area contributed by atoms with Crippen molar-refractivity contribution in [3.8, 4) is 0 Å². The van der Waals surface area contributed by atoms with Gasteiger partial charge in [0, 0.05) is 24.4 Å². The lowest BCUT2D eigenvalue weighted by Crippen LogP contribution is -2.09. The van der Waals surface area contributed by atoms with Crippen molar-refractivity contribution < 1.29 is 0 Å². The summed E-state index contributed by atoms with van der Waals surface area (Å²) in [5.74, 6) is 0.514. The summed E-state index contributed by atoms with van der Waals surface area (Å²) in [4.78, 5) is 0. The summed E-state index contributed by atoms with van der Waals surface area (Å²) in [6.45, 7) is 9.59. The molecule has 0 fully saturated rings. The van der Waals surface area contributed by atoms with Crippen molar-refractivity contribution in [1.82, 2.24) is 20.0 Å². The number of H-pyrrole nitrogens is 1. The summed E-state index contributed by atoms with van der Waals surface area (Å²) in [7, 11) is 0. The average Bonchev–Trinajstić information content (AvgIpc) is 2.92. The van der Waals surface area contributed by atoms with Crippen LogP contribution in [0.4, 0.5) is 0 Å². The normalized spacial score (nSPS) is 11.4. The molecule has 0 unspecified atom stereocenters. The maximum Gasteiger partial charge on any atom is 0.0622 e. The lowest BCUT2D eigenvalue weighted by molar-refractivity contribution is 0.560. The van der Waals surface area contributed by atoms with Gasteiger partial charge in [-0.3, -0.25) is 9.78 Å². The van der Waals surface area contributed by atoms with E-state index in [0.717, 1.165) is 25.1 Å². The van der Waals surface area contributed by atoms with Crippen molar-refractivity contribution in [2.45, 2.75) is 53.0 Å². The third-order valence-electron chi connectivity index (χ3n) is 3.26. The second-order valence-electron chi connectivity index (χ2n) is 5.08. The van der Waals surface area contributed by atoms with E-state index >= 15 is 0 Å². The van der Waals surface area contributed by atoms with Gasteiger partial charge in [0.05, 0.1) is 11.9 Å². The number of hydrogen-bond donors (Lipinski definition) is 1. The van der Waals surface area contributed by atoms with Crippen molar-refractivity contribution in [1.29, 1.82) is 0 Å². The molecule has 0 aliphatic carbocycles. The number of aromatic nitrogens is 4. The van der Waals surface area contributed by atoms with Gasteiger partial charge in [-0.15, -0.1) is 0 Å². The maximum atomic E-state index is 4.46. The number of nitrogens with zero attached hydrogens (tertiary/aromatic N) is 3. The van der Waals surface area contributed by atoms with Gasteiger partial charge in [0.25, 0.3) is 0 Å². The molecule has 0 spiro atoms. The van der Waals surface area contributed by atoms with Gasteiger partial charge in [-0.05, 0) is 30.9 Å². The Bertz CT molecular complexity index is 508. The zero-order valence-corrected chi connectivity index (χ0v) is 11.7. The van der Waals surface area contributed by atoms with Gasteiger partial charge in [0.1, 0.15) is 0 Å². The Morgan fingerprint density at radius 3 is 2.78 bits per heavy atom. The molecule has 1 N–H and O–H groups in total. The maximum absolute atomic E-state index is 4.46. The van der Waals surface area contributed by atoms with Gasteiger partial charge in [-0.1, -0.05) is 20.8 Å². The van der Waals surface area contributed by atoms with Crippen molar-refractivity contribution >= 4 is 0 Å². The summed E-state index contributed by atoms with van der Waals surface area (Å²) in [6, 6.07) is 2.14. The Hall–Kier alpha value is -1.58. The van der Waals surface area contributed by atoms with Gasteiger partial charge in [0.2, 0.25) is 0 Å². The van der Waals surface area contributed by atoms with Gasteiger partial charge in [-0.25, -0.2) is 0 Å². The standard InChI is InChI=1S/C14H22N4/c1-5-12-8-13(17-16-12)6-7-18-14(10(2)3)11(4)9-15-18/h8-10H,5-7H2,1-4H3,(H,16,17). The largest absolute Gasteiger partial charge is 0.282 e. The summed E-state index contributed by atoms with van der Waals surface area (Å²) >= 11 is 0. The molecule has 0 bridgehead atoms. The predicted molar refractivity (Wildman–Crippen MR) is 72.7 cm³/mol. The van der Waals surface area contributed by atoms with Gasteiger partial charge in [0.15, 0.2) is 0 Å². The van der Waals surface area contributed by atoms with Crippen molar-refractivity contribution in [3.05, 3.63) is 34.9 Å². The fourth-order valence-electron chi connectivity index (χ4n) is 2.36. The quantitative estimate of drug-likeness (QED) is 0.881. The van der Waals surface area contributed by atoms with Crippen LogP contribution in [0.15, 0.2) is 12.3 Å². The fourth-order valence-corrected chi connectivity index (χ4v) is 2.36. The molecule has 2 aromatic heterocycles. The van der Waals surface area contributed by atoms with E-state index in [9.17, 15) is 0 Å². The molecule has 0 atom stereocenters. The zero-order valence-electron chi connectivity index (χ0n) is 11.7. The van der Waals surface area contributed by atoms with E-state index in [4.69, 9.17) is 0 Å². The minimum Gasteiger partial charge on any atom is -0.282 e. The van der Waals surface area contributed by atoms with Gasteiger partial charge < -0.3 is 0 Å². The van der Waals surface area contributed by atoms with Crippen molar-refractivity contribution in [2.24, 2.45) is 0 Å². The highest BCUT2D eigenvalue weighted by Gasteiger charge is 2.11. The molecule has 0 saturated heterocycles. The van der Waals surface area contributed by atoms with E-state index < -0.39 is 0 Å². The van der Waals surface area contributed by atoms with Crippen LogP contribution in [0.2, 0.25) is 0 Å². The van der Waals surface area contributed by atoms with Crippen molar-refractivity contribution in [2.75, 3.05) is 0 Å². The molecule has 0 aromatic carbocycles. The molecule has 2 rings (SSSR count). The predicted octanol–water partition coefficient (Wildman–Crippen LogP) is 2.84. The first-order valence-electron chi connectivity index (χ1n) is 6.67. The molecule has 4 nitrogen and oxygen atoms in total. The number of rotatable bonds is 5. The Morgan fingerprint density at radius 2 is 2.17 bits per heavy atom. The van der Waals surface area contributed by atoms with E-state index in [2.05, 4.69) is 53.7 Å². The highest BCUT2D eigenvalue weighted by Crippen LogP contribution is 2.18. The van der Waals surface area contributed by atoms with Crippen LogP contribution in [-0.4, -0.2) is 20.0 Å². The first-order valence-corrected chi connectivity index (χ1v) is 6.67. The van der Waals surface area contributed by atoms with Gasteiger partial charge in [-0.2, -0.15) is 10.2 Å². The van der Waals surface area contributed by atoms with E-state index in [-0.39, 0.29) is 0 Å².